The molecule has 3 nitrogen and oxygen atoms in total. The van der Waals surface area contributed by atoms with Gasteiger partial charge in [0.25, 0.3) is 0 Å². The van der Waals surface area contributed by atoms with Crippen molar-refractivity contribution in [2.75, 3.05) is 6.54 Å². The number of nitrogens with two attached hydrogens (primary N) is 1. The lowest BCUT2D eigenvalue weighted by Crippen LogP contribution is -2.24. The fourth-order valence-electron chi connectivity index (χ4n) is 1.55. The first-order valence-corrected chi connectivity index (χ1v) is 7.60. The highest BCUT2D eigenvalue weighted by molar-refractivity contribution is 7.10. The van der Waals surface area contributed by atoms with Gasteiger partial charge in [0.15, 0.2) is 0 Å². The zero-order chi connectivity index (χ0) is 13.5. The average molecular weight is 290 g/mol. The van der Waals surface area contributed by atoms with Gasteiger partial charge in [-0.25, -0.2) is 0 Å². The van der Waals surface area contributed by atoms with Crippen LogP contribution in [0.4, 0.5) is 0 Å². The predicted molar refractivity (Wildman–Crippen MR) is 80.1 cm³/mol. The Labute approximate surface area is 120 Å². The van der Waals surface area contributed by atoms with Crippen LogP contribution in [0, 0.1) is 11.8 Å². The van der Waals surface area contributed by atoms with Crippen LogP contribution in [-0.2, 0) is 17.8 Å². The van der Waals surface area contributed by atoms with Gasteiger partial charge in [-0.15, -0.1) is 22.7 Å². The quantitative estimate of drug-likeness (QED) is 0.846. The summed E-state index contributed by atoms with van der Waals surface area (Å²) in [6, 6.07) is 5.87. The molecule has 0 bridgehead atoms. The lowest BCUT2D eigenvalue weighted by atomic mass is 10.2. The number of thiophene rings is 2. The Morgan fingerprint density at radius 1 is 1.32 bits per heavy atom. The largest absolute Gasteiger partial charge is 0.351 e. The van der Waals surface area contributed by atoms with Gasteiger partial charge in [-0.3, -0.25) is 4.79 Å². The van der Waals surface area contributed by atoms with Crippen molar-refractivity contribution in [1.29, 1.82) is 0 Å². The van der Waals surface area contributed by atoms with Gasteiger partial charge in [0.2, 0.25) is 5.91 Å². The number of rotatable bonds is 4. The Morgan fingerprint density at radius 3 is 2.95 bits per heavy atom. The van der Waals surface area contributed by atoms with E-state index in [2.05, 4.69) is 17.2 Å². The van der Waals surface area contributed by atoms with Crippen LogP contribution in [0.1, 0.15) is 15.3 Å². The number of hydrogen-bond acceptors (Lipinski definition) is 4. The van der Waals surface area contributed by atoms with Crippen molar-refractivity contribution in [3.8, 4) is 11.8 Å². The third kappa shape index (κ3) is 4.21. The van der Waals surface area contributed by atoms with Crippen LogP contribution in [0.3, 0.4) is 0 Å². The molecule has 0 radical (unpaired) electrons. The molecule has 2 heterocycles. The Balaban J connectivity index is 1.88. The van der Waals surface area contributed by atoms with Gasteiger partial charge in [-0.1, -0.05) is 17.9 Å². The van der Waals surface area contributed by atoms with E-state index in [9.17, 15) is 4.79 Å². The van der Waals surface area contributed by atoms with Crippen molar-refractivity contribution in [2.45, 2.75) is 13.0 Å². The van der Waals surface area contributed by atoms with E-state index in [1.54, 1.807) is 22.7 Å². The van der Waals surface area contributed by atoms with Crippen LogP contribution in [0.15, 0.2) is 29.0 Å². The fourth-order valence-corrected chi connectivity index (χ4v) is 3.02. The zero-order valence-electron chi connectivity index (χ0n) is 10.3. The molecule has 0 saturated heterocycles. The van der Waals surface area contributed by atoms with E-state index >= 15 is 0 Å². The summed E-state index contributed by atoms with van der Waals surface area (Å²) in [7, 11) is 0. The Morgan fingerprint density at radius 2 is 2.21 bits per heavy atom. The van der Waals surface area contributed by atoms with Gasteiger partial charge in [0, 0.05) is 15.3 Å². The fraction of sp³-hybridized carbons (Fsp3) is 0.214. The van der Waals surface area contributed by atoms with Crippen molar-refractivity contribution < 1.29 is 4.79 Å². The summed E-state index contributed by atoms with van der Waals surface area (Å²) in [6.45, 7) is 0.872. The molecular weight excluding hydrogens is 276 g/mol. The molecule has 2 aromatic heterocycles. The van der Waals surface area contributed by atoms with Gasteiger partial charge in [-0.2, -0.15) is 0 Å². The Kier molecular flexibility index (Phi) is 5.16. The topological polar surface area (TPSA) is 55.1 Å². The molecule has 0 atom stereocenters. The molecule has 0 unspecified atom stereocenters. The minimum absolute atomic E-state index is 0.0357. The maximum Gasteiger partial charge on any atom is 0.225 e. The molecule has 2 aromatic rings. The first-order chi connectivity index (χ1) is 9.29. The van der Waals surface area contributed by atoms with Crippen LogP contribution in [0.5, 0.6) is 0 Å². The molecule has 0 fully saturated rings. The van der Waals surface area contributed by atoms with E-state index in [0.29, 0.717) is 19.5 Å². The number of nitrogens with one attached hydrogen (secondary N) is 1. The molecule has 19 heavy (non-hydrogen) atoms. The molecule has 0 aromatic carbocycles. The third-order valence-corrected chi connectivity index (χ3v) is 4.23. The standard InChI is InChI=1S/C14H14N2OS2/c15-6-1-3-11-5-8-19-13(11)10-16-14(17)9-12-4-2-7-18-12/h2,4-5,7-8H,6,9-10,15H2,(H,16,17). The predicted octanol–water partition coefficient (Wildman–Crippen LogP) is 1.98. The van der Waals surface area contributed by atoms with E-state index in [0.717, 1.165) is 15.3 Å². The van der Waals surface area contributed by atoms with Gasteiger partial charge in [0.1, 0.15) is 0 Å². The summed E-state index contributed by atoms with van der Waals surface area (Å²) in [4.78, 5) is 13.9. The maximum absolute atomic E-state index is 11.8. The average Bonchev–Trinajstić information content (AvgIpc) is 3.05. The van der Waals surface area contributed by atoms with Gasteiger partial charge < -0.3 is 11.1 Å². The molecule has 0 aliphatic rings. The zero-order valence-corrected chi connectivity index (χ0v) is 11.9. The normalized spacial score (nSPS) is 9.74. The highest BCUT2D eigenvalue weighted by Crippen LogP contribution is 2.15. The highest BCUT2D eigenvalue weighted by Gasteiger charge is 2.06. The number of hydrogen-bond donors (Lipinski definition) is 2. The van der Waals surface area contributed by atoms with Crippen molar-refractivity contribution in [2.24, 2.45) is 5.73 Å². The molecule has 0 aliphatic heterocycles. The van der Waals surface area contributed by atoms with E-state index in [-0.39, 0.29) is 5.91 Å². The molecule has 5 heteroatoms. The molecule has 1 amide bonds. The van der Waals surface area contributed by atoms with Crippen molar-refractivity contribution in [3.05, 3.63) is 44.3 Å². The van der Waals surface area contributed by atoms with Crippen molar-refractivity contribution >= 4 is 28.6 Å². The maximum atomic E-state index is 11.8. The van der Waals surface area contributed by atoms with E-state index < -0.39 is 0 Å². The number of carbonyl (C=O) groups is 1. The lowest BCUT2D eigenvalue weighted by molar-refractivity contribution is -0.120. The molecule has 0 spiro atoms. The summed E-state index contributed by atoms with van der Waals surface area (Å²) in [5.74, 6) is 5.87. The Bertz CT molecular complexity index is 590. The molecule has 2 rings (SSSR count). The molecular formula is C14H14N2OS2. The SMILES string of the molecule is NCC#Cc1ccsc1CNC(=O)Cc1cccs1. The van der Waals surface area contributed by atoms with Gasteiger partial charge in [-0.05, 0) is 22.9 Å². The summed E-state index contributed by atoms with van der Waals surface area (Å²) in [5, 5.41) is 6.87. The molecule has 0 aliphatic carbocycles. The molecule has 3 N–H and O–H groups in total. The molecule has 98 valence electrons. The number of amides is 1. The van der Waals surface area contributed by atoms with Crippen molar-refractivity contribution in [1.82, 2.24) is 5.32 Å². The minimum Gasteiger partial charge on any atom is -0.351 e. The van der Waals surface area contributed by atoms with Crippen LogP contribution in [-0.4, -0.2) is 12.5 Å². The second kappa shape index (κ2) is 7.10. The minimum atomic E-state index is 0.0357. The van der Waals surface area contributed by atoms with Gasteiger partial charge in [0.05, 0.1) is 19.5 Å². The second-order valence-corrected chi connectivity index (χ2v) is 5.83. The van der Waals surface area contributed by atoms with E-state index in [4.69, 9.17) is 5.73 Å². The summed E-state index contributed by atoms with van der Waals surface area (Å²) in [6.07, 6.45) is 0.437. The molecule has 0 saturated carbocycles. The van der Waals surface area contributed by atoms with Gasteiger partial charge >= 0.3 is 0 Å². The highest BCUT2D eigenvalue weighted by atomic mass is 32.1. The Hall–Kier alpha value is -1.61. The third-order valence-electron chi connectivity index (χ3n) is 2.43. The van der Waals surface area contributed by atoms with E-state index in [1.807, 2.05) is 29.0 Å². The van der Waals surface area contributed by atoms with Crippen LogP contribution >= 0.6 is 22.7 Å². The first kappa shape index (κ1) is 13.8. The van der Waals surface area contributed by atoms with E-state index in [1.165, 1.54) is 0 Å². The summed E-state index contributed by atoms with van der Waals surface area (Å²) < 4.78 is 0. The smallest absolute Gasteiger partial charge is 0.225 e. The van der Waals surface area contributed by atoms with Crippen LogP contribution in [0.25, 0.3) is 0 Å². The number of carbonyl (C=O) groups excluding carboxylic acids is 1. The van der Waals surface area contributed by atoms with Crippen molar-refractivity contribution in [3.63, 3.8) is 0 Å². The summed E-state index contributed by atoms with van der Waals surface area (Å²) >= 11 is 3.19. The first-order valence-electron chi connectivity index (χ1n) is 5.84. The van der Waals surface area contributed by atoms with Crippen LogP contribution in [0.2, 0.25) is 0 Å². The van der Waals surface area contributed by atoms with Crippen LogP contribution < -0.4 is 11.1 Å². The lowest BCUT2D eigenvalue weighted by Gasteiger charge is -2.03. The summed E-state index contributed by atoms with van der Waals surface area (Å²) in [5.41, 5.74) is 6.31. The second-order valence-electron chi connectivity index (χ2n) is 3.80. The monoisotopic (exact) mass is 290 g/mol.